The molecule has 7 heteroatoms. The molecule has 1 heterocycles. The number of carbonyl (C=O) groups excluding carboxylic acids is 2. The monoisotopic (exact) mass is 411 g/mol. The highest BCUT2D eigenvalue weighted by Crippen LogP contribution is 2.39. The number of rotatable bonds is 8. The second-order valence-corrected chi connectivity index (χ2v) is 6.66. The molecule has 0 aliphatic carbocycles. The number of benzene rings is 2. The summed E-state index contributed by atoms with van der Waals surface area (Å²) in [5, 5.41) is 10.9. The van der Waals surface area contributed by atoms with Crippen LogP contribution in [0.3, 0.4) is 0 Å². The first-order chi connectivity index (χ1) is 14.5. The van der Waals surface area contributed by atoms with Gasteiger partial charge in [0, 0.05) is 19.2 Å². The van der Waals surface area contributed by atoms with Crippen LogP contribution in [-0.2, 0) is 14.3 Å². The largest absolute Gasteiger partial charge is 0.507 e. The van der Waals surface area contributed by atoms with Crippen molar-refractivity contribution in [2.75, 3.05) is 26.9 Å². The lowest BCUT2D eigenvalue weighted by atomic mass is 9.95. The summed E-state index contributed by atoms with van der Waals surface area (Å²) >= 11 is 0. The van der Waals surface area contributed by atoms with Crippen LogP contribution in [0.1, 0.15) is 17.2 Å². The van der Waals surface area contributed by atoms with Crippen molar-refractivity contribution >= 4 is 17.4 Å². The average molecular weight is 411 g/mol. The molecule has 2 aromatic carbocycles. The molecule has 0 bridgehead atoms. The second-order valence-electron chi connectivity index (χ2n) is 6.66. The standard InChI is InChI=1S/C23H22FNO5/c1-3-12-30-18-9-7-15(8-10-18)21(26)19-20(16-5-4-6-17(24)14-16)25(11-13-29-2)23(28)22(19)27/h3-10,14,20,26H,1,11-13H2,2H3. The van der Waals surface area contributed by atoms with Crippen LogP contribution >= 0.6 is 0 Å². The van der Waals surface area contributed by atoms with Gasteiger partial charge in [-0.15, -0.1) is 0 Å². The van der Waals surface area contributed by atoms with E-state index in [1.165, 1.54) is 30.2 Å². The Labute approximate surface area is 173 Å². The summed E-state index contributed by atoms with van der Waals surface area (Å²) in [4.78, 5) is 26.7. The van der Waals surface area contributed by atoms with Gasteiger partial charge < -0.3 is 19.5 Å². The fourth-order valence-electron chi connectivity index (χ4n) is 3.34. The van der Waals surface area contributed by atoms with Crippen LogP contribution in [0.5, 0.6) is 5.75 Å². The Bertz CT molecular complexity index is 983. The van der Waals surface area contributed by atoms with Crippen LogP contribution in [0, 0.1) is 5.82 Å². The van der Waals surface area contributed by atoms with E-state index in [4.69, 9.17) is 9.47 Å². The fourth-order valence-corrected chi connectivity index (χ4v) is 3.34. The Hall–Kier alpha value is -3.45. The molecule has 1 fully saturated rings. The van der Waals surface area contributed by atoms with Crippen molar-refractivity contribution in [1.29, 1.82) is 0 Å². The second kappa shape index (κ2) is 9.37. The van der Waals surface area contributed by atoms with E-state index in [-0.39, 0.29) is 24.5 Å². The smallest absolute Gasteiger partial charge is 0.295 e. The summed E-state index contributed by atoms with van der Waals surface area (Å²) in [6.07, 6.45) is 1.61. The normalized spacial score (nSPS) is 17.9. The van der Waals surface area contributed by atoms with Crippen molar-refractivity contribution < 1.29 is 28.6 Å². The molecule has 6 nitrogen and oxygen atoms in total. The molecule has 1 unspecified atom stereocenters. The number of likely N-dealkylation sites (tertiary alicyclic amines) is 1. The molecule has 0 aromatic heterocycles. The Morgan fingerprint density at radius 2 is 1.97 bits per heavy atom. The van der Waals surface area contributed by atoms with Gasteiger partial charge in [-0.2, -0.15) is 0 Å². The van der Waals surface area contributed by atoms with E-state index in [0.29, 0.717) is 23.5 Å². The molecule has 2 aromatic rings. The van der Waals surface area contributed by atoms with Crippen molar-refractivity contribution in [1.82, 2.24) is 4.90 Å². The highest BCUT2D eigenvalue weighted by atomic mass is 19.1. The zero-order valence-electron chi connectivity index (χ0n) is 16.5. The Morgan fingerprint density at radius 3 is 2.60 bits per heavy atom. The highest BCUT2D eigenvalue weighted by Gasteiger charge is 2.45. The number of halogens is 1. The lowest BCUT2D eigenvalue weighted by Crippen LogP contribution is -2.32. The predicted octanol–water partition coefficient (Wildman–Crippen LogP) is 3.46. The van der Waals surface area contributed by atoms with E-state index in [0.717, 1.165) is 0 Å². The summed E-state index contributed by atoms with van der Waals surface area (Å²) in [6.45, 7) is 4.21. The fraction of sp³-hybridized carbons (Fsp3) is 0.217. The minimum Gasteiger partial charge on any atom is -0.507 e. The van der Waals surface area contributed by atoms with Gasteiger partial charge in [0.15, 0.2) is 0 Å². The zero-order chi connectivity index (χ0) is 21.7. The lowest BCUT2D eigenvalue weighted by Gasteiger charge is -2.25. The Morgan fingerprint density at radius 1 is 1.23 bits per heavy atom. The van der Waals surface area contributed by atoms with E-state index in [9.17, 15) is 19.1 Å². The third kappa shape index (κ3) is 4.26. The van der Waals surface area contributed by atoms with Crippen LogP contribution in [0.25, 0.3) is 5.76 Å². The number of amides is 1. The maximum atomic E-state index is 13.9. The SMILES string of the molecule is C=CCOc1ccc(C(O)=C2C(=O)C(=O)N(CCOC)C2c2cccc(F)c2)cc1. The zero-order valence-corrected chi connectivity index (χ0v) is 16.5. The molecule has 1 amide bonds. The number of Topliss-reactive ketones (excluding diaryl/α,β-unsaturated/α-hetero) is 1. The van der Waals surface area contributed by atoms with Gasteiger partial charge in [0.2, 0.25) is 0 Å². The number of hydrogen-bond donors (Lipinski definition) is 1. The average Bonchev–Trinajstić information content (AvgIpc) is 3.01. The maximum absolute atomic E-state index is 13.9. The predicted molar refractivity (Wildman–Crippen MR) is 109 cm³/mol. The first-order valence-electron chi connectivity index (χ1n) is 9.35. The summed E-state index contributed by atoms with van der Waals surface area (Å²) in [5.41, 5.74) is 0.631. The van der Waals surface area contributed by atoms with Gasteiger partial charge in [0.1, 0.15) is 23.9 Å². The van der Waals surface area contributed by atoms with Gasteiger partial charge in [-0.25, -0.2) is 4.39 Å². The number of aliphatic hydroxyl groups excluding tert-OH is 1. The maximum Gasteiger partial charge on any atom is 0.295 e. The molecular formula is C23H22FNO5. The van der Waals surface area contributed by atoms with Crippen molar-refractivity contribution in [2.24, 2.45) is 0 Å². The molecule has 3 rings (SSSR count). The van der Waals surface area contributed by atoms with E-state index in [1.807, 2.05) is 0 Å². The molecule has 156 valence electrons. The molecule has 30 heavy (non-hydrogen) atoms. The molecular weight excluding hydrogens is 389 g/mol. The van der Waals surface area contributed by atoms with E-state index >= 15 is 0 Å². The number of aliphatic hydroxyl groups is 1. The molecule has 1 atom stereocenters. The summed E-state index contributed by atoms with van der Waals surface area (Å²) in [7, 11) is 1.48. The van der Waals surface area contributed by atoms with Gasteiger partial charge in [-0.1, -0.05) is 24.8 Å². The van der Waals surface area contributed by atoms with Gasteiger partial charge in [0.25, 0.3) is 11.7 Å². The third-order valence-corrected chi connectivity index (χ3v) is 4.74. The Balaban J connectivity index is 2.07. The Kier molecular flexibility index (Phi) is 6.64. The molecule has 1 aliphatic rings. The summed E-state index contributed by atoms with van der Waals surface area (Å²) in [6, 6.07) is 11.1. The lowest BCUT2D eigenvalue weighted by molar-refractivity contribution is -0.140. The van der Waals surface area contributed by atoms with Gasteiger partial charge in [0.05, 0.1) is 18.2 Å². The molecule has 0 spiro atoms. The minimum absolute atomic E-state index is 0.0959. The highest BCUT2D eigenvalue weighted by molar-refractivity contribution is 6.46. The molecule has 1 aliphatic heterocycles. The topological polar surface area (TPSA) is 76.1 Å². The summed E-state index contributed by atoms with van der Waals surface area (Å²) in [5.74, 6) is -1.88. The quantitative estimate of drug-likeness (QED) is 0.312. The van der Waals surface area contributed by atoms with Gasteiger partial charge >= 0.3 is 0 Å². The van der Waals surface area contributed by atoms with Crippen LogP contribution in [0.4, 0.5) is 4.39 Å². The van der Waals surface area contributed by atoms with E-state index in [2.05, 4.69) is 6.58 Å². The van der Waals surface area contributed by atoms with Crippen molar-refractivity contribution in [3.63, 3.8) is 0 Å². The summed E-state index contributed by atoms with van der Waals surface area (Å²) < 4.78 is 24.3. The van der Waals surface area contributed by atoms with Gasteiger partial charge in [-0.3, -0.25) is 9.59 Å². The molecule has 0 radical (unpaired) electrons. The van der Waals surface area contributed by atoms with Crippen molar-refractivity contribution in [3.8, 4) is 5.75 Å². The first kappa shape index (κ1) is 21.3. The van der Waals surface area contributed by atoms with Crippen molar-refractivity contribution in [2.45, 2.75) is 6.04 Å². The number of carbonyl (C=O) groups is 2. The van der Waals surface area contributed by atoms with Crippen LogP contribution in [0.15, 0.2) is 66.8 Å². The van der Waals surface area contributed by atoms with Crippen molar-refractivity contribution in [3.05, 3.63) is 83.7 Å². The van der Waals surface area contributed by atoms with Crippen LogP contribution in [0.2, 0.25) is 0 Å². The number of methoxy groups -OCH3 is 1. The molecule has 1 N–H and O–H groups in total. The molecule has 0 saturated carbocycles. The number of hydrogen-bond acceptors (Lipinski definition) is 5. The first-order valence-corrected chi connectivity index (χ1v) is 9.35. The van der Waals surface area contributed by atoms with E-state index in [1.54, 1.807) is 36.4 Å². The number of ether oxygens (including phenoxy) is 2. The van der Waals surface area contributed by atoms with Crippen LogP contribution in [-0.4, -0.2) is 48.6 Å². The van der Waals surface area contributed by atoms with Gasteiger partial charge in [-0.05, 0) is 42.0 Å². The number of nitrogens with zero attached hydrogens (tertiary/aromatic N) is 1. The van der Waals surface area contributed by atoms with Crippen LogP contribution < -0.4 is 4.74 Å². The third-order valence-electron chi connectivity index (χ3n) is 4.74. The number of ketones is 1. The molecule has 1 saturated heterocycles. The van der Waals surface area contributed by atoms with E-state index < -0.39 is 23.5 Å². The minimum atomic E-state index is -0.924.